The standard InChI is InChI=1S/C14H11N3OS3/c15-11(19)7-20-14-16-12(18)9-6-10(21-13(9)17-14)8-4-2-1-3-5-8/h1-6H,7H2,(H2,15,19)(H,16,17,18). The summed E-state index contributed by atoms with van der Waals surface area (Å²) in [6.07, 6.45) is 0. The minimum Gasteiger partial charge on any atom is -0.393 e. The Hall–Kier alpha value is -1.70. The number of thiocarbonyl (C=S) groups is 1. The zero-order valence-corrected chi connectivity index (χ0v) is 13.3. The Morgan fingerprint density at radius 1 is 1.38 bits per heavy atom. The van der Waals surface area contributed by atoms with Crippen LogP contribution in [0.4, 0.5) is 0 Å². The van der Waals surface area contributed by atoms with E-state index in [0.717, 1.165) is 15.3 Å². The molecule has 106 valence electrons. The first-order valence-corrected chi connectivity index (χ1v) is 8.35. The van der Waals surface area contributed by atoms with Gasteiger partial charge in [-0.2, -0.15) is 0 Å². The fraction of sp³-hybridized carbons (Fsp3) is 0.0714. The van der Waals surface area contributed by atoms with Crippen LogP contribution in [-0.4, -0.2) is 20.7 Å². The molecule has 7 heteroatoms. The van der Waals surface area contributed by atoms with Crippen molar-refractivity contribution >= 4 is 50.5 Å². The minimum atomic E-state index is -0.135. The number of H-pyrrole nitrogens is 1. The quantitative estimate of drug-likeness (QED) is 0.436. The van der Waals surface area contributed by atoms with Gasteiger partial charge in [-0.05, 0) is 11.6 Å². The third-order valence-electron chi connectivity index (χ3n) is 2.79. The number of aromatic nitrogens is 2. The number of aromatic amines is 1. The molecule has 0 spiro atoms. The van der Waals surface area contributed by atoms with Gasteiger partial charge in [-0.1, -0.05) is 54.3 Å². The van der Waals surface area contributed by atoms with Gasteiger partial charge in [0.25, 0.3) is 5.56 Å². The molecule has 3 aromatic rings. The van der Waals surface area contributed by atoms with Gasteiger partial charge in [-0.15, -0.1) is 11.3 Å². The van der Waals surface area contributed by atoms with E-state index in [2.05, 4.69) is 9.97 Å². The van der Waals surface area contributed by atoms with Crippen LogP contribution in [0.15, 0.2) is 46.3 Å². The summed E-state index contributed by atoms with van der Waals surface area (Å²) in [6.45, 7) is 0. The average molecular weight is 333 g/mol. The van der Waals surface area contributed by atoms with E-state index in [9.17, 15) is 4.79 Å². The molecule has 0 aliphatic heterocycles. The molecule has 3 N–H and O–H groups in total. The summed E-state index contributed by atoms with van der Waals surface area (Å²) in [4.78, 5) is 21.5. The van der Waals surface area contributed by atoms with Gasteiger partial charge in [0.15, 0.2) is 5.16 Å². The van der Waals surface area contributed by atoms with Crippen LogP contribution in [-0.2, 0) is 0 Å². The van der Waals surface area contributed by atoms with Crippen molar-refractivity contribution in [1.82, 2.24) is 9.97 Å². The molecule has 4 nitrogen and oxygen atoms in total. The number of benzene rings is 1. The van der Waals surface area contributed by atoms with E-state index in [4.69, 9.17) is 18.0 Å². The van der Waals surface area contributed by atoms with Crippen molar-refractivity contribution in [2.45, 2.75) is 5.16 Å². The molecule has 0 amide bonds. The second kappa shape index (κ2) is 5.97. The fourth-order valence-electron chi connectivity index (χ4n) is 1.86. The van der Waals surface area contributed by atoms with Crippen molar-refractivity contribution in [3.8, 4) is 10.4 Å². The lowest BCUT2D eigenvalue weighted by atomic mass is 10.2. The van der Waals surface area contributed by atoms with Crippen molar-refractivity contribution in [2.24, 2.45) is 5.73 Å². The maximum atomic E-state index is 12.1. The highest BCUT2D eigenvalue weighted by atomic mass is 32.2. The van der Waals surface area contributed by atoms with Crippen LogP contribution in [0.3, 0.4) is 0 Å². The molecular weight excluding hydrogens is 322 g/mol. The Labute approximate surface area is 134 Å². The van der Waals surface area contributed by atoms with E-state index < -0.39 is 0 Å². The first kappa shape index (κ1) is 14.2. The normalized spacial score (nSPS) is 10.9. The summed E-state index contributed by atoms with van der Waals surface area (Å²) in [5.41, 5.74) is 6.41. The molecule has 3 rings (SSSR count). The Morgan fingerprint density at radius 2 is 2.14 bits per heavy atom. The number of nitrogens with zero attached hydrogens (tertiary/aromatic N) is 1. The zero-order chi connectivity index (χ0) is 14.8. The largest absolute Gasteiger partial charge is 0.393 e. The highest BCUT2D eigenvalue weighted by Gasteiger charge is 2.10. The summed E-state index contributed by atoms with van der Waals surface area (Å²) in [6, 6.07) is 11.8. The average Bonchev–Trinajstić information content (AvgIpc) is 2.91. The monoisotopic (exact) mass is 333 g/mol. The van der Waals surface area contributed by atoms with Gasteiger partial charge in [0.2, 0.25) is 0 Å². The van der Waals surface area contributed by atoms with Crippen molar-refractivity contribution in [3.05, 3.63) is 46.8 Å². The highest BCUT2D eigenvalue weighted by molar-refractivity contribution is 8.00. The lowest BCUT2D eigenvalue weighted by molar-refractivity contribution is 0.983. The second-order valence-corrected chi connectivity index (χ2v) is 6.84. The van der Waals surface area contributed by atoms with Crippen LogP contribution in [0.1, 0.15) is 0 Å². The second-order valence-electron chi connectivity index (χ2n) is 4.32. The van der Waals surface area contributed by atoms with Crippen LogP contribution in [0.25, 0.3) is 20.7 Å². The summed E-state index contributed by atoms with van der Waals surface area (Å²) >= 11 is 7.67. The minimum absolute atomic E-state index is 0.135. The van der Waals surface area contributed by atoms with Crippen molar-refractivity contribution in [1.29, 1.82) is 0 Å². The summed E-state index contributed by atoms with van der Waals surface area (Å²) in [7, 11) is 0. The van der Waals surface area contributed by atoms with Gasteiger partial charge in [0, 0.05) is 4.88 Å². The lowest BCUT2D eigenvalue weighted by Gasteiger charge is -1.98. The summed E-state index contributed by atoms with van der Waals surface area (Å²) in [5, 5.41) is 1.15. The molecule has 0 radical (unpaired) electrons. The van der Waals surface area contributed by atoms with Crippen LogP contribution < -0.4 is 11.3 Å². The molecule has 0 bridgehead atoms. The van der Waals surface area contributed by atoms with Crippen LogP contribution in [0, 0.1) is 0 Å². The molecule has 0 aliphatic carbocycles. The predicted octanol–water partition coefficient (Wildman–Crippen LogP) is 3.03. The van der Waals surface area contributed by atoms with E-state index in [-0.39, 0.29) is 5.56 Å². The predicted molar refractivity (Wildman–Crippen MR) is 93.2 cm³/mol. The number of thiophene rings is 1. The van der Waals surface area contributed by atoms with Crippen LogP contribution in [0.2, 0.25) is 0 Å². The number of rotatable bonds is 4. The van der Waals surface area contributed by atoms with E-state index in [0.29, 0.717) is 21.3 Å². The van der Waals surface area contributed by atoms with Gasteiger partial charge < -0.3 is 10.7 Å². The molecule has 0 aliphatic rings. The molecule has 0 unspecified atom stereocenters. The molecule has 2 aromatic heterocycles. The fourth-order valence-corrected chi connectivity index (χ4v) is 3.74. The topological polar surface area (TPSA) is 71.8 Å². The molecule has 2 heterocycles. The van der Waals surface area contributed by atoms with E-state index >= 15 is 0 Å². The van der Waals surface area contributed by atoms with Crippen molar-refractivity contribution < 1.29 is 0 Å². The third-order valence-corrected chi connectivity index (χ3v) is 5.12. The molecule has 0 fully saturated rings. The maximum absolute atomic E-state index is 12.1. The van der Waals surface area contributed by atoms with Gasteiger partial charge in [-0.25, -0.2) is 4.98 Å². The summed E-state index contributed by atoms with van der Waals surface area (Å²) in [5.74, 6) is 0.459. The molecule has 21 heavy (non-hydrogen) atoms. The Kier molecular flexibility index (Phi) is 4.05. The Morgan fingerprint density at radius 3 is 2.86 bits per heavy atom. The number of nitrogens with two attached hydrogens (primary N) is 1. The lowest BCUT2D eigenvalue weighted by Crippen LogP contribution is -2.12. The van der Waals surface area contributed by atoms with E-state index in [1.807, 2.05) is 36.4 Å². The molecular formula is C14H11N3OS3. The maximum Gasteiger partial charge on any atom is 0.260 e. The number of fused-ring (bicyclic) bond motifs is 1. The van der Waals surface area contributed by atoms with Crippen molar-refractivity contribution in [2.75, 3.05) is 5.75 Å². The highest BCUT2D eigenvalue weighted by Crippen LogP contribution is 2.31. The number of hydrogen-bond donors (Lipinski definition) is 2. The smallest absolute Gasteiger partial charge is 0.260 e. The number of nitrogens with one attached hydrogen (secondary N) is 1. The molecule has 0 atom stereocenters. The molecule has 0 saturated heterocycles. The first-order chi connectivity index (χ1) is 10.1. The first-order valence-electron chi connectivity index (χ1n) is 6.14. The van der Waals surface area contributed by atoms with Gasteiger partial charge in [0.1, 0.15) is 4.83 Å². The molecule has 1 aromatic carbocycles. The van der Waals surface area contributed by atoms with Crippen molar-refractivity contribution in [3.63, 3.8) is 0 Å². The number of hydrogen-bond acceptors (Lipinski definition) is 5. The Balaban J connectivity index is 2.03. The van der Waals surface area contributed by atoms with Gasteiger partial charge >= 0.3 is 0 Å². The number of thioether (sulfide) groups is 1. The van der Waals surface area contributed by atoms with Gasteiger partial charge in [-0.3, -0.25) is 4.79 Å². The molecule has 0 saturated carbocycles. The SMILES string of the molecule is NC(=S)CSc1nc2sc(-c3ccccc3)cc2c(=O)[nH]1. The van der Waals surface area contributed by atoms with E-state index in [1.165, 1.54) is 23.1 Å². The Bertz CT molecular complexity index is 855. The zero-order valence-electron chi connectivity index (χ0n) is 10.8. The van der Waals surface area contributed by atoms with E-state index in [1.54, 1.807) is 0 Å². The van der Waals surface area contributed by atoms with Crippen LogP contribution >= 0.6 is 35.3 Å². The van der Waals surface area contributed by atoms with Gasteiger partial charge in [0.05, 0.1) is 16.1 Å². The summed E-state index contributed by atoms with van der Waals surface area (Å²) < 4.78 is 0. The van der Waals surface area contributed by atoms with Crippen LogP contribution in [0.5, 0.6) is 0 Å². The third kappa shape index (κ3) is 3.15.